The van der Waals surface area contributed by atoms with Crippen LogP contribution in [0.3, 0.4) is 0 Å². The highest BCUT2D eigenvalue weighted by Crippen LogP contribution is 2.12. The molecule has 0 fully saturated rings. The molecule has 0 amide bonds. The summed E-state index contributed by atoms with van der Waals surface area (Å²) in [5.41, 5.74) is 1.34. The largest absolute Gasteiger partial charge is 0.479 e. The lowest BCUT2D eigenvalue weighted by Gasteiger charge is -1.98. The second-order valence-electron chi connectivity index (χ2n) is 2.97. The molecule has 1 N–H and O–H groups in total. The Balaban J connectivity index is 2.41. The summed E-state index contributed by atoms with van der Waals surface area (Å²) >= 11 is 0. The first kappa shape index (κ1) is 9.17. The Morgan fingerprint density at radius 1 is 1.33 bits per heavy atom. The molecule has 1 aromatic rings. The van der Waals surface area contributed by atoms with Gasteiger partial charge in [0.15, 0.2) is 5.88 Å². The van der Waals surface area contributed by atoms with Gasteiger partial charge in [-0.25, -0.2) is 0 Å². The third kappa shape index (κ3) is 2.61. The Morgan fingerprint density at radius 3 is 2.83 bits per heavy atom. The van der Waals surface area contributed by atoms with E-state index in [9.17, 15) is 0 Å². The van der Waals surface area contributed by atoms with Crippen LogP contribution in [-0.2, 0) is 6.42 Å². The highest BCUT2D eigenvalue weighted by atomic mass is 16.5. The van der Waals surface area contributed by atoms with Crippen molar-refractivity contribution in [1.82, 2.24) is 4.98 Å². The number of nitrogens with one attached hydrogen (secondary N) is 1. The smallest absolute Gasteiger partial charge is 0.190 e. The molecule has 0 saturated carbocycles. The lowest BCUT2D eigenvalue weighted by atomic mass is 10.2. The van der Waals surface area contributed by atoms with E-state index in [0.717, 1.165) is 25.3 Å². The van der Waals surface area contributed by atoms with Gasteiger partial charge in [-0.05, 0) is 18.4 Å². The molecule has 2 heteroatoms. The molecule has 2 nitrogen and oxygen atoms in total. The van der Waals surface area contributed by atoms with Gasteiger partial charge in [-0.15, -0.1) is 0 Å². The lowest BCUT2D eigenvalue weighted by Crippen LogP contribution is -1.94. The fourth-order valence-electron chi connectivity index (χ4n) is 1.14. The Kier molecular flexibility index (Phi) is 3.71. The summed E-state index contributed by atoms with van der Waals surface area (Å²) in [5, 5.41) is 0. The predicted molar refractivity (Wildman–Crippen MR) is 50.6 cm³/mol. The van der Waals surface area contributed by atoms with Crippen molar-refractivity contribution in [3.05, 3.63) is 17.8 Å². The molecular formula is C10H17NO. The van der Waals surface area contributed by atoms with Crippen LogP contribution in [0.1, 0.15) is 32.3 Å². The zero-order chi connectivity index (χ0) is 8.81. The van der Waals surface area contributed by atoms with Gasteiger partial charge < -0.3 is 9.72 Å². The van der Waals surface area contributed by atoms with Gasteiger partial charge in [-0.1, -0.05) is 20.3 Å². The molecular weight excluding hydrogens is 150 g/mol. The number of hydrogen-bond acceptors (Lipinski definition) is 1. The van der Waals surface area contributed by atoms with Gasteiger partial charge in [0.2, 0.25) is 0 Å². The Bertz CT molecular complexity index is 217. The lowest BCUT2D eigenvalue weighted by molar-refractivity contribution is 0.307. The van der Waals surface area contributed by atoms with Crippen LogP contribution in [0.15, 0.2) is 12.3 Å². The molecule has 1 aromatic heterocycles. The Morgan fingerprint density at radius 2 is 2.17 bits per heavy atom. The van der Waals surface area contributed by atoms with Crippen molar-refractivity contribution in [2.24, 2.45) is 0 Å². The van der Waals surface area contributed by atoms with Crippen molar-refractivity contribution in [2.45, 2.75) is 33.1 Å². The van der Waals surface area contributed by atoms with Gasteiger partial charge in [0.25, 0.3) is 0 Å². The van der Waals surface area contributed by atoms with E-state index in [1.807, 2.05) is 6.20 Å². The minimum absolute atomic E-state index is 0.798. The molecule has 1 rings (SSSR count). The van der Waals surface area contributed by atoms with E-state index in [1.165, 1.54) is 12.0 Å². The molecule has 0 saturated heterocycles. The van der Waals surface area contributed by atoms with Gasteiger partial charge in [0.05, 0.1) is 6.61 Å². The standard InChI is InChI=1S/C10H17NO/c1-3-5-9-7-10(11-8-9)12-6-4-2/h7-8,11H,3-6H2,1-2H3. The van der Waals surface area contributed by atoms with Crippen LogP contribution in [0.2, 0.25) is 0 Å². The summed E-state index contributed by atoms with van der Waals surface area (Å²) in [6, 6.07) is 2.08. The van der Waals surface area contributed by atoms with Crippen LogP contribution < -0.4 is 4.74 Å². The van der Waals surface area contributed by atoms with Crippen LogP contribution in [-0.4, -0.2) is 11.6 Å². The predicted octanol–water partition coefficient (Wildman–Crippen LogP) is 2.76. The summed E-state index contributed by atoms with van der Waals surface area (Å²) < 4.78 is 5.43. The molecule has 1 heterocycles. The summed E-state index contributed by atoms with van der Waals surface area (Å²) in [6.07, 6.45) is 5.40. The van der Waals surface area contributed by atoms with Crippen molar-refractivity contribution in [3.63, 3.8) is 0 Å². The number of hydrogen-bond donors (Lipinski definition) is 1. The molecule has 0 radical (unpaired) electrons. The number of H-pyrrole nitrogens is 1. The number of aromatic amines is 1. The van der Waals surface area contributed by atoms with E-state index < -0.39 is 0 Å². The maximum Gasteiger partial charge on any atom is 0.190 e. The summed E-state index contributed by atoms with van der Waals surface area (Å²) in [7, 11) is 0. The fourth-order valence-corrected chi connectivity index (χ4v) is 1.14. The maximum absolute atomic E-state index is 5.43. The second kappa shape index (κ2) is 4.86. The highest BCUT2D eigenvalue weighted by Gasteiger charge is 1.97. The van der Waals surface area contributed by atoms with E-state index in [4.69, 9.17) is 4.74 Å². The molecule has 0 atom stereocenters. The first-order valence-electron chi connectivity index (χ1n) is 4.67. The summed E-state index contributed by atoms with van der Waals surface area (Å²) in [6.45, 7) is 5.08. The van der Waals surface area contributed by atoms with Gasteiger partial charge in [0, 0.05) is 12.3 Å². The monoisotopic (exact) mass is 167 g/mol. The topological polar surface area (TPSA) is 25.0 Å². The number of aromatic nitrogens is 1. The molecule has 0 aromatic carbocycles. The van der Waals surface area contributed by atoms with E-state index in [2.05, 4.69) is 24.9 Å². The Labute approximate surface area is 73.9 Å². The summed E-state index contributed by atoms with van der Waals surface area (Å²) in [4.78, 5) is 3.10. The van der Waals surface area contributed by atoms with Crippen molar-refractivity contribution < 1.29 is 4.74 Å². The number of aryl methyl sites for hydroxylation is 1. The van der Waals surface area contributed by atoms with Gasteiger partial charge in [-0.2, -0.15) is 0 Å². The van der Waals surface area contributed by atoms with E-state index in [0.29, 0.717) is 0 Å². The minimum Gasteiger partial charge on any atom is -0.479 e. The first-order valence-corrected chi connectivity index (χ1v) is 4.67. The third-order valence-corrected chi connectivity index (χ3v) is 1.72. The second-order valence-corrected chi connectivity index (χ2v) is 2.97. The van der Waals surface area contributed by atoms with Crippen LogP contribution >= 0.6 is 0 Å². The van der Waals surface area contributed by atoms with E-state index in [-0.39, 0.29) is 0 Å². The van der Waals surface area contributed by atoms with E-state index >= 15 is 0 Å². The van der Waals surface area contributed by atoms with Crippen molar-refractivity contribution >= 4 is 0 Å². The highest BCUT2D eigenvalue weighted by molar-refractivity contribution is 5.21. The summed E-state index contributed by atoms with van der Waals surface area (Å²) in [5.74, 6) is 0.903. The van der Waals surface area contributed by atoms with Crippen LogP contribution in [0.5, 0.6) is 5.88 Å². The van der Waals surface area contributed by atoms with Gasteiger partial charge in [0.1, 0.15) is 0 Å². The number of ether oxygens (including phenoxy) is 1. The molecule has 0 unspecified atom stereocenters. The van der Waals surface area contributed by atoms with Crippen LogP contribution in [0, 0.1) is 0 Å². The normalized spacial score (nSPS) is 10.2. The average molecular weight is 167 g/mol. The van der Waals surface area contributed by atoms with Crippen molar-refractivity contribution in [3.8, 4) is 5.88 Å². The average Bonchev–Trinajstić information content (AvgIpc) is 2.50. The third-order valence-electron chi connectivity index (χ3n) is 1.72. The number of rotatable bonds is 5. The van der Waals surface area contributed by atoms with Crippen molar-refractivity contribution in [2.75, 3.05) is 6.61 Å². The zero-order valence-corrected chi connectivity index (χ0v) is 7.89. The molecule has 0 aliphatic rings. The SMILES string of the molecule is CCCOc1cc(CCC)c[nH]1. The molecule has 0 aliphatic heterocycles. The minimum atomic E-state index is 0.798. The van der Waals surface area contributed by atoms with Gasteiger partial charge in [-0.3, -0.25) is 0 Å². The quantitative estimate of drug-likeness (QED) is 0.716. The van der Waals surface area contributed by atoms with Gasteiger partial charge >= 0.3 is 0 Å². The molecule has 0 spiro atoms. The van der Waals surface area contributed by atoms with E-state index in [1.54, 1.807) is 0 Å². The fraction of sp³-hybridized carbons (Fsp3) is 0.600. The van der Waals surface area contributed by atoms with Crippen LogP contribution in [0.25, 0.3) is 0 Å². The first-order chi connectivity index (χ1) is 5.86. The van der Waals surface area contributed by atoms with Crippen molar-refractivity contribution in [1.29, 1.82) is 0 Å². The van der Waals surface area contributed by atoms with Crippen LogP contribution in [0.4, 0.5) is 0 Å². The Hall–Kier alpha value is -0.920. The molecule has 0 aliphatic carbocycles. The molecule has 0 bridgehead atoms. The zero-order valence-electron chi connectivity index (χ0n) is 7.89. The molecule has 68 valence electrons. The maximum atomic E-state index is 5.43. The molecule has 12 heavy (non-hydrogen) atoms.